The van der Waals surface area contributed by atoms with E-state index < -0.39 is 36.3 Å². The number of rotatable bonds is 6. The van der Waals surface area contributed by atoms with E-state index in [1.807, 2.05) is 19.9 Å². The minimum absolute atomic E-state index is 0.277. The predicted molar refractivity (Wildman–Crippen MR) is 99.3 cm³/mol. The maximum absolute atomic E-state index is 13.1. The number of para-hydroxylation sites is 1. The Morgan fingerprint density at radius 3 is 2.25 bits per heavy atom. The van der Waals surface area contributed by atoms with Crippen molar-refractivity contribution in [3.8, 4) is 0 Å². The molecule has 150 valence electrons. The number of hydrogen-bond donors (Lipinski definition) is 0. The monoisotopic (exact) mass is 387 g/mol. The zero-order chi connectivity index (χ0) is 20.0. The third-order valence-electron chi connectivity index (χ3n) is 5.87. The molecule has 2 bridgehead atoms. The van der Waals surface area contributed by atoms with Crippen molar-refractivity contribution in [3.63, 3.8) is 0 Å². The average molecular weight is 387 g/mol. The fourth-order valence-electron chi connectivity index (χ4n) is 4.54. The second kappa shape index (κ2) is 7.29. The first kappa shape index (κ1) is 19.1. The lowest BCUT2D eigenvalue weighted by molar-refractivity contribution is -0.161. The van der Waals surface area contributed by atoms with Gasteiger partial charge in [0.15, 0.2) is 6.10 Å². The summed E-state index contributed by atoms with van der Waals surface area (Å²) in [6.07, 6.45) is -1.45. The standard InChI is InChI=1S/C21H25NO6/c1-11(2)9-10-13(23)27-19-17-15-14(16(28-17)18(19)26-3)20(24)22(21(15)25)12-7-5-4-6-8-12/h4-8,11,14-19H,9-10H2,1-3H3. The van der Waals surface area contributed by atoms with Gasteiger partial charge in [0, 0.05) is 13.5 Å². The first-order chi connectivity index (χ1) is 13.4. The molecule has 2 amide bonds. The van der Waals surface area contributed by atoms with E-state index in [2.05, 4.69) is 0 Å². The van der Waals surface area contributed by atoms with Crippen LogP contribution in [0, 0.1) is 17.8 Å². The van der Waals surface area contributed by atoms with Gasteiger partial charge in [0.1, 0.15) is 18.3 Å². The van der Waals surface area contributed by atoms with Crippen molar-refractivity contribution >= 4 is 23.5 Å². The third kappa shape index (κ3) is 2.93. The lowest BCUT2D eigenvalue weighted by Crippen LogP contribution is -2.50. The van der Waals surface area contributed by atoms with Gasteiger partial charge in [-0.25, -0.2) is 4.90 Å². The molecule has 0 radical (unpaired) electrons. The molecule has 28 heavy (non-hydrogen) atoms. The molecule has 7 heteroatoms. The van der Waals surface area contributed by atoms with Gasteiger partial charge in [0.2, 0.25) is 11.8 Å². The molecular weight excluding hydrogens is 362 g/mol. The van der Waals surface area contributed by atoms with Crippen molar-refractivity contribution in [2.75, 3.05) is 12.0 Å². The van der Waals surface area contributed by atoms with E-state index >= 15 is 0 Å². The lowest BCUT2D eigenvalue weighted by atomic mass is 9.78. The minimum Gasteiger partial charge on any atom is -0.457 e. The Morgan fingerprint density at radius 1 is 1.07 bits per heavy atom. The van der Waals surface area contributed by atoms with Crippen LogP contribution in [0.1, 0.15) is 26.7 Å². The third-order valence-corrected chi connectivity index (χ3v) is 5.87. The van der Waals surface area contributed by atoms with Crippen molar-refractivity contribution in [2.24, 2.45) is 17.8 Å². The summed E-state index contributed by atoms with van der Waals surface area (Å²) in [6.45, 7) is 4.08. The van der Waals surface area contributed by atoms with Crippen LogP contribution in [0.15, 0.2) is 30.3 Å². The fraction of sp³-hybridized carbons (Fsp3) is 0.571. The number of anilines is 1. The zero-order valence-corrected chi connectivity index (χ0v) is 16.2. The van der Waals surface area contributed by atoms with Gasteiger partial charge in [-0.05, 0) is 24.5 Å². The van der Waals surface area contributed by atoms with E-state index in [9.17, 15) is 14.4 Å². The summed E-state index contributed by atoms with van der Waals surface area (Å²) in [6, 6.07) is 8.86. The maximum Gasteiger partial charge on any atom is 0.306 e. The van der Waals surface area contributed by atoms with Gasteiger partial charge in [-0.1, -0.05) is 32.0 Å². The highest BCUT2D eigenvalue weighted by Crippen LogP contribution is 2.51. The number of benzene rings is 1. The van der Waals surface area contributed by atoms with Crippen molar-refractivity contribution in [2.45, 2.75) is 51.1 Å². The largest absolute Gasteiger partial charge is 0.457 e. The van der Waals surface area contributed by atoms with E-state index in [1.54, 1.807) is 24.3 Å². The Kier molecular flexibility index (Phi) is 4.97. The van der Waals surface area contributed by atoms with Crippen LogP contribution in [0.2, 0.25) is 0 Å². The van der Waals surface area contributed by atoms with Crippen LogP contribution < -0.4 is 4.90 Å². The topological polar surface area (TPSA) is 82.1 Å². The highest BCUT2D eigenvalue weighted by molar-refractivity contribution is 6.22. The Hall–Kier alpha value is -2.25. The van der Waals surface area contributed by atoms with Crippen LogP contribution in [-0.4, -0.2) is 49.3 Å². The molecule has 3 aliphatic rings. The van der Waals surface area contributed by atoms with Crippen LogP contribution in [0.4, 0.5) is 5.69 Å². The summed E-state index contributed by atoms with van der Waals surface area (Å²) in [5.74, 6) is -1.77. The van der Waals surface area contributed by atoms with E-state index in [0.717, 1.165) is 6.42 Å². The number of esters is 1. The zero-order valence-electron chi connectivity index (χ0n) is 16.2. The number of imide groups is 1. The number of nitrogens with zero attached hydrogens (tertiary/aromatic N) is 1. The number of fused-ring (bicyclic) bond motifs is 5. The van der Waals surface area contributed by atoms with E-state index in [1.165, 1.54) is 12.0 Å². The molecule has 6 unspecified atom stereocenters. The van der Waals surface area contributed by atoms with Crippen LogP contribution in [0.3, 0.4) is 0 Å². The van der Waals surface area contributed by atoms with Gasteiger partial charge >= 0.3 is 5.97 Å². The molecule has 3 heterocycles. The summed E-state index contributed by atoms with van der Waals surface area (Å²) < 4.78 is 17.1. The van der Waals surface area contributed by atoms with Crippen LogP contribution in [0.25, 0.3) is 0 Å². The van der Waals surface area contributed by atoms with Crippen molar-refractivity contribution in [3.05, 3.63) is 30.3 Å². The van der Waals surface area contributed by atoms with Crippen LogP contribution in [-0.2, 0) is 28.6 Å². The van der Waals surface area contributed by atoms with Crippen molar-refractivity contribution in [1.82, 2.24) is 0 Å². The molecule has 3 saturated heterocycles. The molecule has 6 atom stereocenters. The summed E-state index contributed by atoms with van der Waals surface area (Å²) >= 11 is 0. The van der Waals surface area contributed by atoms with Crippen molar-refractivity contribution in [1.29, 1.82) is 0 Å². The van der Waals surface area contributed by atoms with Crippen LogP contribution >= 0.6 is 0 Å². The molecule has 0 spiro atoms. The van der Waals surface area contributed by atoms with Gasteiger partial charge in [-0.2, -0.15) is 0 Å². The number of ether oxygens (including phenoxy) is 3. The Balaban J connectivity index is 1.56. The lowest BCUT2D eigenvalue weighted by Gasteiger charge is -2.31. The predicted octanol–water partition coefficient (Wildman–Crippen LogP) is 1.94. The molecule has 3 aliphatic heterocycles. The molecule has 0 aliphatic carbocycles. The summed E-state index contributed by atoms with van der Waals surface area (Å²) in [5.41, 5.74) is 0.547. The Labute approximate surface area is 163 Å². The van der Waals surface area contributed by atoms with E-state index in [4.69, 9.17) is 14.2 Å². The van der Waals surface area contributed by atoms with Gasteiger partial charge in [0.25, 0.3) is 0 Å². The SMILES string of the molecule is COC1C(OC(=O)CCC(C)C)C2OC1C1C(=O)N(c3ccccc3)C(=O)C21. The van der Waals surface area contributed by atoms with Crippen LogP contribution in [0.5, 0.6) is 0 Å². The fourth-order valence-corrected chi connectivity index (χ4v) is 4.54. The first-order valence-electron chi connectivity index (χ1n) is 9.74. The molecule has 1 aromatic carbocycles. The first-order valence-corrected chi connectivity index (χ1v) is 9.74. The average Bonchev–Trinajstić information content (AvgIpc) is 3.30. The number of methoxy groups -OCH3 is 1. The smallest absolute Gasteiger partial charge is 0.306 e. The summed E-state index contributed by atoms with van der Waals surface area (Å²) in [7, 11) is 1.51. The number of amides is 2. The molecule has 7 nitrogen and oxygen atoms in total. The van der Waals surface area contributed by atoms with E-state index in [0.29, 0.717) is 18.0 Å². The normalized spacial score (nSPS) is 33.6. The van der Waals surface area contributed by atoms with Gasteiger partial charge in [-0.3, -0.25) is 14.4 Å². The van der Waals surface area contributed by atoms with Gasteiger partial charge in [-0.15, -0.1) is 0 Å². The molecule has 3 fully saturated rings. The quantitative estimate of drug-likeness (QED) is 0.548. The Bertz CT molecular complexity index is 778. The van der Waals surface area contributed by atoms with Crippen molar-refractivity contribution < 1.29 is 28.6 Å². The second-order valence-corrected chi connectivity index (χ2v) is 8.05. The summed E-state index contributed by atoms with van der Waals surface area (Å²) in [4.78, 5) is 39.6. The number of carbonyl (C=O) groups excluding carboxylic acids is 3. The second-order valence-electron chi connectivity index (χ2n) is 8.05. The number of hydrogen-bond acceptors (Lipinski definition) is 6. The maximum atomic E-state index is 13.1. The highest BCUT2D eigenvalue weighted by Gasteiger charge is 2.70. The molecule has 0 saturated carbocycles. The highest BCUT2D eigenvalue weighted by atomic mass is 16.6. The number of carbonyl (C=O) groups is 3. The summed E-state index contributed by atoms with van der Waals surface area (Å²) in [5, 5.41) is 0. The molecule has 1 aromatic rings. The molecular formula is C21H25NO6. The molecule has 4 rings (SSSR count). The van der Waals surface area contributed by atoms with Gasteiger partial charge < -0.3 is 14.2 Å². The minimum atomic E-state index is -0.677. The molecule has 0 N–H and O–H groups in total. The Morgan fingerprint density at radius 2 is 1.68 bits per heavy atom. The van der Waals surface area contributed by atoms with Gasteiger partial charge in [0.05, 0.1) is 17.5 Å². The molecule has 0 aromatic heterocycles. The van der Waals surface area contributed by atoms with E-state index in [-0.39, 0.29) is 17.8 Å².